The van der Waals surface area contributed by atoms with E-state index in [4.69, 9.17) is 0 Å². The first-order valence-corrected chi connectivity index (χ1v) is 8.40. The number of hydrogen-bond donors (Lipinski definition) is 2. The van der Waals surface area contributed by atoms with Crippen LogP contribution in [-0.4, -0.2) is 22.1 Å². The number of carbonyl (C=O) groups excluding carboxylic acids is 1. The molecule has 2 aromatic carbocycles. The van der Waals surface area contributed by atoms with Gasteiger partial charge in [0.1, 0.15) is 0 Å². The molecule has 0 saturated carbocycles. The molecule has 0 fully saturated rings. The molecule has 0 aliphatic heterocycles. The van der Waals surface area contributed by atoms with Crippen LogP contribution in [0.25, 0.3) is 10.9 Å². The fraction of sp³-hybridized carbons (Fsp3) is 0.222. The number of hydrogen-bond acceptors (Lipinski definition) is 2. The minimum Gasteiger partial charge on any atom is -0.350 e. The summed E-state index contributed by atoms with van der Waals surface area (Å²) in [4.78, 5) is 12.5. The van der Waals surface area contributed by atoms with Gasteiger partial charge < -0.3 is 5.32 Å². The summed E-state index contributed by atoms with van der Waals surface area (Å²) in [6, 6.07) is 14.0. The predicted molar refractivity (Wildman–Crippen MR) is 95.5 cm³/mol. The van der Waals surface area contributed by atoms with E-state index in [2.05, 4.69) is 43.6 Å². The Balaban J connectivity index is 1.61. The number of aryl methyl sites for hydroxylation is 1. The summed E-state index contributed by atoms with van der Waals surface area (Å²) in [7, 11) is 0. The van der Waals surface area contributed by atoms with Gasteiger partial charge in [0.25, 0.3) is 5.91 Å². The Hall–Kier alpha value is -2.14. The molecule has 4 nitrogen and oxygen atoms in total. The van der Waals surface area contributed by atoms with E-state index in [1.807, 2.05) is 37.3 Å². The second-order valence-electron chi connectivity index (χ2n) is 5.68. The summed E-state index contributed by atoms with van der Waals surface area (Å²) in [5, 5.41) is 10.9. The lowest BCUT2D eigenvalue weighted by molar-refractivity contribution is 0.0940. The van der Waals surface area contributed by atoms with Crippen LogP contribution in [0.3, 0.4) is 0 Å². The lowest BCUT2D eigenvalue weighted by atomic mass is 10.1. The van der Waals surface area contributed by atoms with Gasteiger partial charge in [0, 0.05) is 15.9 Å². The highest BCUT2D eigenvalue weighted by atomic mass is 79.9. The normalized spacial score (nSPS) is 12.3. The standard InChI is InChI=1S/C18H18BrN3O/c1-12(5-6-13-7-9-15(19)10-8-13)21-18(23)16-4-2-3-14-11-20-22-17(14)16/h2-4,7-12H,5-6H2,1H3,(H,20,22)(H,21,23). The molecular weight excluding hydrogens is 354 g/mol. The molecule has 3 aromatic rings. The third-order valence-electron chi connectivity index (χ3n) is 3.88. The molecular formula is C18H18BrN3O. The van der Waals surface area contributed by atoms with Crippen molar-refractivity contribution in [2.75, 3.05) is 0 Å². The van der Waals surface area contributed by atoms with Gasteiger partial charge in [-0.15, -0.1) is 0 Å². The van der Waals surface area contributed by atoms with Crippen LogP contribution in [0.4, 0.5) is 0 Å². The van der Waals surface area contributed by atoms with E-state index >= 15 is 0 Å². The van der Waals surface area contributed by atoms with E-state index in [1.165, 1.54) is 5.56 Å². The van der Waals surface area contributed by atoms with Crippen LogP contribution in [0, 0.1) is 0 Å². The molecule has 5 heteroatoms. The van der Waals surface area contributed by atoms with E-state index < -0.39 is 0 Å². The lowest BCUT2D eigenvalue weighted by Gasteiger charge is -2.14. The third kappa shape index (κ3) is 3.79. The fourth-order valence-electron chi connectivity index (χ4n) is 2.57. The van der Waals surface area contributed by atoms with Crippen LogP contribution in [0.2, 0.25) is 0 Å². The molecule has 1 amide bonds. The Labute approximate surface area is 143 Å². The Kier molecular flexibility index (Phi) is 4.76. The highest BCUT2D eigenvalue weighted by Crippen LogP contribution is 2.16. The number of aromatic nitrogens is 2. The number of para-hydroxylation sites is 1. The van der Waals surface area contributed by atoms with Crippen molar-refractivity contribution in [2.24, 2.45) is 0 Å². The van der Waals surface area contributed by atoms with Crippen molar-refractivity contribution in [1.29, 1.82) is 0 Å². The second-order valence-corrected chi connectivity index (χ2v) is 6.60. The summed E-state index contributed by atoms with van der Waals surface area (Å²) in [6.45, 7) is 2.03. The minimum atomic E-state index is -0.0665. The molecule has 23 heavy (non-hydrogen) atoms. The van der Waals surface area contributed by atoms with E-state index in [9.17, 15) is 4.79 Å². The zero-order valence-corrected chi connectivity index (χ0v) is 14.4. The van der Waals surface area contributed by atoms with Gasteiger partial charge in [-0.25, -0.2) is 0 Å². The summed E-state index contributed by atoms with van der Waals surface area (Å²) in [5.74, 6) is -0.0665. The summed E-state index contributed by atoms with van der Waals surface area (Å²) < 4.78 is 1.08. The molecule has 0 saturated heterocycles. The fourth-order valence-corrected chi connectivity index (χ4v) is 2.83. The van der Waals surface area contributed by atoms with Crippen molar-refractivity contribution in [1.82, 2.24) is 15.5 Å². The number of aromatic amines is 1. The summed E-state index contributed by atoms with van der Waals surface area (Å²) >= 11 is 3.44. The van der Waals surface area contributed by atoms with Gasteiger partial charge in [-0.1, -0.05) is 40.2 Å². The number of halogens is 1. The molecule has 1 atom stereocenters. The van der Waals surface area contributed by atoms with Crippen LogP contribution >= 0.6 is 15.9 Å². The third-order valence-corrected chi connectivity index (χ3v) is 4.41. The number of fused-ring (bicyclic) bond motifs is 1. The number of nitrogens with one attached hydrogen (secondary N) is 2. The first kappa shape index (κ1) is 15.7. The van der Waals surface area contributed by atoms with Gasteiger partial charge in [0.2, 0.25) is 0 Å². The highest BCUT2D eigenvalue weighted by molar-refractivity contribution is 9.10. The maximum Gasteiger partial charge on any atom is 0.253 e. The molecule has 0 bridgehead atoms. The highest BCUT2D eigenvalue weighted by Gasteiger charge is 2.13. The van der Waals surface area contributed by atoms with Gasteiger partial charge >= 0.3 is 0 Å². The van der Waals surface area contributed by atoms with E-state index in [1.54, 1.807) is 6.20 Å². The summed E-state index contributed by atoms with van der Waals surface area (Å²) in [6.07, 6.45) is 3.55. The van der Waals surface area contributed by atoms with Crippen molar-refractivity contribution in [2.45, 2.75) is 25.8 Å². The quantitative estimate of drug-likeness (QED) is 0.709. The molecule has 1 aromatic heterocycles. The average molecular weight is 372 g/mol. The zero-order chi connectivity index (χ0) is 16.2. The van der Waals surface area contributed by atoms with Crippen molar-refractivity contribution in [3.63, 3.8) is 0 Å². The molecule has 0 aliphatic carbocycles. The van der Waals surface area contributed by atoms with Crippen molar-refractivity contribution in [3.8, 4) is 0 Å². The molecule has 1 unspecified atom stereocenters. The van der Waals surface area contributed by atoms with Crippen LogP contribution in [0.15, 0.2) is 53.1 Å². The van der Waals surface area contributed by atoms with E-state index in [0.29, 0.717) is 5.56 Å². The second kappa shape index (κ2) is 6.96. The van der Waals surface area contributed by atoms with Gasteiger partial charge in [-0.2, -0.15) is 5.10 Å². The molecule has 1 heterocycles. The van der Waals surface area contributed by atoms with Gasteiger partial charge in [-0.05, 0) is 43.5 Å². The van der Waals surface area contributed by atoms with Crippen LogP contribution in [0.5, 0.6) is 0 Å². The molecule has 3 rings (SSSR count). The van der Waals surface area contributed by atoms with E-state index in [-0.39, 0.29) is 11.9 Å². The van der Waals surface area contributed by atoms with Gasteiger partial charge in [-0.3, -0.25) is 9.89 Å². The van der Waals surface area contributed by atoms with Crippen LogP contribution in [-0.2, 0) is 6.42 Å². The van der Waals surface area contributed by atoms with Crippen LogP contribution in [0.1, 0.15) is 29.3 Å². The summed E-state index contributed by atoms with van der Waals surface area (Å²) in [5.41, 5.74) is 2.69. The first-order chi connectivity index (χ1) is 11.1. The van der Waals surface area contributed by atoms with Crippen molar-refractivity contribution in [3.05, 3.63) is 64.3 Å². The Morgan fingerprint density at radius 3 is 2.83 bits per heavy atom. The number of rotatable bonds is 5. The Morgan fingerprint density at radius 2 is 2.04 bits per heavy atom. The largest absolute Gasteiger partial charge is 0.350 e. The maximum absolute atomic E-state index is 12.5. The number of amides is 1. The minimum absolute atomic E-state index is 0.0665. The van der Waals surface area contributed by atoms with Crippen molar-refractivity contribution < 1.29 is 4.79 Å². The molecule has 118 valence electrons. The predicted octanol–water partition coefficient (Wildman–Crippen LogP) is 4.08. The van der Waals surface area contributed by atoms with Crippen molar-refractivity contribution >= 4 is 32.7 Å². The Bertz CT molecular complexity index is 811. The van der Waals surface area contributed by atoms with Gasteiger partial charge in [0.05, 0.1) is 17.3 Å². The van der Waals surface area contributed by atoms with Crippen LogP contribution < -0.4 is 5.32 Å². The molecule has 2 N–H and O–H groups in total. The Morgan fingerprint density at radius 1 is 1.26 bits per heavy atom. The lowest BCUT2D eigenvalue weighted by Crippen LogP contribution is -2.33. The molecule has 0 spiro atoms. The topological polar surface area (TPSA) is 57.8 Å². The number of benzene rings is 2. The first-order valence-electron chi connectivity index (χ1n) is 7.61. The number of nitrogens with zero attached hydrogens (tertiary/aromatic N) is 1. The maximum atomic E-state index is 12.5. The number of H-pyrrole nitrogens is 1. The smallest absolute Gasteiger partial charge is 0.253 e. The molecule has 0 aliphatic rings. The number of carbonyl (C=O) groups is 1. The monoisotopic (exact) mass is 371 g/mol. The SMILES string of the molecule is CC(CCc1ccc(Br)cc1)NC(=O)c1cccc2cn[nH]c12. The molecule has 0 radical (unpaired) electrons. The van der Waals surface area contributed by atoms with E-state index in [0.717, 1.165) is 28.2 Å². The zero-order valence-electron chi connectivity index (χ0n) is 12.8. The average Bonchev–Trinajstić information content (AvgIpc) is 3.02. The van der Waals surface area contributed by atoms with Gasteiger partial charge in [0.15, 0.2) is 0 Å².